The van der Waals surface area contributed by atoms with Crippen LogP contribution in [-0.4, -0.2) is 32.3 Å². The molecule has 1 aromatic heterocycles. The lowest BCUT2D eigenvalue weighted by Gasteiger charge is -2.12. The third-order valence-electron chi connectivity index (χ3n) is 4.18. The molecule has 0 fully saturated rings. The maximum atomic E-state index is 12.5. The molecule has 2 amide bonds. The molecule has 0 spiro atoms. The predicted molar refractivity (Wildman–Crippen MR) is 116 cm³/mol. The first-order valence-electron chi connectivity index (χ1n) is 8.81. The highest BCUT2D eigenvalue weighted by atomic mass is 35.5. The monoisotopic (exact) mass is 429 g/mol. The van der Waals surface area contributed by atoms with Gasteiger partial charge in [0.25, 0.3) is 0 Å². The standard InChI is InChI=1S/C20H20ClN5O2S/c1-12-4-6-16(8-13(12)2)26-11-22-25-20(26)29-10-19(28)24-18-9-15(21)5-7-17(18)23-14(3)27/h4-9,11H,10H2,1-3H3,(H,23,27)(H,24,28). The van der Waals surface area contributed by atoms with Crippen molar-refractivity contribution in [3.8, 4) is 5.69 Å². The van der Waals surface area contributed by atoms with Gasteiger partial charge in [-0.3, -0.25) is 14.2 Å². The summed E-state index contributed by atoms with van der Waals surface area (Å²) in [6, 6.07) is 10.9. The van der Waals surface area contributed by atoms with Crippen molar-refractivity contribution in [2.75, 3.05) is 16.4 Å². The molecule has 29 heavy (non-hydrogen) atoms. The van der Waals surface area contributed by atoms with E-state index in [4.69, 9.17) is 11.6 Å². The number of aryl methyl sites for hydroxylation is 2. The van der Waals surface area contributed by atoms with Crippen LogP contribution in [0.3, 0.4) is 0 Å². The van der Waals surface area contributed by atoms with Crippen molar-refractivity contribution in [1.29, 1.82) is 0 Å². The lowest BCUT2D eigenvalue weighted by atomic mass is 10.1. The molecule has 0 aliphatic rings. The van der Waals surface area contributed by atoms with Gasteiger partial charge in [-0.05, 0) is 55.3 Å². The van der Waals surface area contributed by atoms with E-state index in [1.54, 1.807) is 24.5 Å². The van der Waals surface area contributed by atoms with Crippen LogP contribution in [0.4, 0.5) is 11.4 Å². The highest BCUT2D eigenvalue weighted by molar-refractivity contribution is 7.99. The number of nitrogens with one attached hydrogen (secondary N) is 2. The number of nitrogens with zero attached hydrogens (tertiary/aromatic N) is 3. The van der Waals surface area contributed by atoms with E-state index in [1.165, 1.54) is 24.2 Å². The number of hydrogen-bond acceptors (Lipinski definition) is 5. The Hall–Kier alpha value is -2.84. The lowest BCUT2D eigenvalue weighted by Crippen LogP contribution is -2.17. The van der Waals surface area contributed by atoms with Crippen molar-refractivity contribution < 1.29 is 9.59 Å². The number of aromatic nitrogens is 3. The normalized spacial score (nSPS) is 10.6. The van der Waals surface area contributed by atoms with E-state index in [-0.39, 0.29) is 17.6 Å². The molecule has 3 rings (SSSR count). The number of amides is 2. The number of carbonyl (C=O) groups excluding carboxylic acids is 2. The molecule has 150 valence electrons. The summed E-state index contributed by atoms with van der Waals surface area (Å²) in [5, 5.41) is 14.6. The first-order chi connectivity index (χ1) is 13.8. The Labute approximate surface area is 177 Å². The zero-order valence-corrected chi connectivity index (χ0v) is 17.8. The molecular weight excluding hydrogens is 410 g/mol. The molecule has 2 aromatic carbocycles. The van der Waals surface area contributed by atoms with Crippen molar-refractivity contribution in [1.82, 2.24) is 14.8 Å². The second-order valence-corrected chi connectivity index (χ2v) is 7.84. The van der Waals surface area contributed by atoms with Crippen molar-refractivity contribution in [2.24, 2.45) is 0 Å². The van der Waals surface area contributed by atoms with Crippen LogP contribution in [-0.2, 0) is 9.59 Å². The Morgan fingerprint density at radius 2 is 1.86 bits per heavy atom. The van der Waals surface area contributed by atoms with Gasteiger partial charge >= 0.3 is 0 Å². The minimum Gasteiger partial charge on any atom is -0.325 e. The largest absolute Gasteiger partial charge is 0.325 e. The molecular formula is C20H20ClN5O2S. The topological polar surface area (TPSA) is 88.9 Å². The van der Waals surface area contributed by atoms with Crippen LogP contribution >= 0.6 is 23.4 Å². The number of thioether (sulfide) groups is 1. The molecule has 0 radical (unpaired) electrons. The third-order valence-corrected chi connectivity index (χ3v) is 5.36. The molecule has 0 aliphatic heterocycles. The second-order valence-electron chi connectivity index (χ2n) is 6.46. The van der Waals surface area contributed by atoms with Gasteiger partial charge in [-0.1, -0.05) is 29.4 Å². The molecule has 0 unspecified atom stereocenters. The summed E-state index contributed by atoms with van der Waals surface area (Å²) in [6.45, 7) is 5.49. The van der Waals surface area contributed by atoms with E-state index in [2.05, 4.69) is 33.8 Å². The van der Waals surface area contributed by atoms with Gasteiger partial charge in [-0.2, -0.15) is 0 Å². The van der Waals surface area contributed by atoms with Crippen molar-refractivity contribution in [3.63, 3.8) is 0 Å². The number of rotatable bonds is 6. The Bertz CT molecular complexity index is 1070. The maximum absolute atomic E-state index is 12.5. The van der Waals surface area contributed by atoms with Crippen molar-refractivity contribution >= 4 is 46.6 Å². The van der Waals surface area contributed by atoms with Gasteiger partial charge in [0.1, 0.15) is 6.33 Å². The summed E-state index contributed by atoms with van der Waals surface area (Å²) in [6.07, 6.45) is 1.62. The number of benzene rings is 2. The lowest BCUT2D eigenvalue weighted by molar-refractivity contribution is -0.115. The first-order valence-corrected chi connectivity index (χ1v) is 10.2. The molecule has 0 saturated carbocycles. The van der Waals surface area contributed by atoms with E-state index in [0.717, 1.165) is 11.3 Å². The molecule has 2 N–H and O–H groups in total. The fraction of sp³-hybridized carbons (Fsp3) is 0.200. The van der Waals surface area contributed by atoms with Crippen molar-refractivity contribution in [2.45, 2.75) is 25.9 Å². The molecule has 0 atom stereocenters. The highest BCUT2D eigenvalue weighted by Crippen LogP contribution is 2.27. The Balaban J connectivity index is 1.70. The van der Waals surface area contributed by atoms with Crippen molar-refractivity contribution in [3.05, 3.63) is 58.9 Å². The zero-order chi connectivity index (χ0) is 21.0. The average molecular weight is 430 g/mol. The minimum atomic E-state index is -0.251. The number of carbonyl (C=O) groups is 2. The Morgan fingerprint density at radius 3 is 2.59 bits per heavy atom. The van der Waals surface area contributed by atoms with Gasteiger partial charge in [0, 0.05) is 17.6 Å². The first kappa shape index (κ1) is 20.9. The van der Waals surface area contributed by atoms with Crippen LogP contribution in [0.25, 0.3) is 5.69 Å². The summed E-state index contributed by atoms with van der Waals surface area (Å²) < 4.78 is 1.84. The molecule has 1 heterocycles. The van der Waals surface area contributed by atoms with Gasteiger partial charge in [0.2, 0.25) is 11.8 Å². The SMILES string of the molecule is CC(=O)Nc1ccc(Cl)cc1NC(=O)CSc1nncn1-c1ccc(C)c(C)c1. The summed E-state index contributed by atoms with van der Waals surface area (Å²) >= 11 is 7.28. The summed E-state index contributed by atoms with van der Waals surface area (Å²) in [7, 11) is 0. The van der Waals surface area contributed by atoms with Gasteiger partial charge < -0.3 is 10.6 Å². The number of halogens is 1. The van der Waals surface area contributed by atoms with Gasteiger partial charge in [0.15, 0.2) is 5.16 Å². The maximum Gasteiger partial charge on any atom is 0.234 e. The average Bonchev–Trinajstić information content (AvgIpc) is 3.13. The smallest absolute Gasteiger partial charge is 0.234 e. The number of hydrogen-bond donors (Lipinski definition) is 2. The van der Waals surface area contributed by atoms with E-state index in [1.807, 2.05) is 23.6 Å². The highest BCUT2D eigenvalue weighted by Gasteiger charge is 2.13. The van der Waals surface area contributed by atoms with E-state index in [0.29, 0.717) is 21.6 Å². The molecule has 0 bridgehead atoms. The van der Waals surface area contributed by atoms with Crippen LogP contribution in [0.15, 0.2) is 47.9 Å². The quantitative estimate of drug-likeness (QED) is 0.572. The predicted octanol–water partition coefficient (Wildman–Crippen LogP) is 4.23. The summed E-state index contributed by atoms with van der Waals surface area (Å²) in [4.78, 5) is 23.8. The van der Waals surface area contributed by atoms with E-state index < -0.39 is 0 Å². The van der Waals surface area contributed by atoms with Crippen LogP contribution in [0, 0.1) is 13.8 Å². The van der Waals surface area contributed by atoms with E-state index in [9.17, 15) is 9.59 Å². The van der Waals surface area contributed by atoms with Gasteiger partial charge in [0.05, 0.1) is 17.1 Å². The summed E-state index contributed by atoms with van der Waals surface area (Å²) in [5.74, 6) is -0.368. The van der Waals surface area contributed by atoms with E-state index >= 15 is 0 Å². The molecule has 0 aliphatic carbocycles. The third kappa shape index (κ3) is 5.36. The number of anilines is 2. The Morgan fingerprint density at radius 1 is 1.07 bits per heavy atom. The Kier molecular flexibility index (Phi) is 6.56. The van der Waals surface area contributed by atoms with Crippen LogP contribution in [0.5, 0.6) is 0 Å². The molecule has 9 heteroatoms. The minimum absolute atomic E-state index is 0.121. The van der Waals surface area contributed by atoms with Crippen LogP contribution < -0.4 is 10.6 Å². The fourth-order valence-corrected chi connectivity index (χ4v) is 3.51. The molecule has 0 saturated heterocycles. The van der Waals surface area contributed by atoms with Crippen LogP contribution in [0.1, 0.15) is 18.1 Å². The molecule has 3 aromatic rings. The van der Waals surface area contributed by atoms with Gasteiger partial charge in [-0.25, -0.2) is 0 Å². The summed E-state index contributed by atoms with van der Waals surface area (Å²) in [5.41, 5.74) is 4.22. The van der Waals surface area contributed by atoms with Gasteiger partial charge in [-0.15, -0.1) is 10.2 Å². The fourth-order valence-electron chi connectivity index (χ4n) is 2.61. The zero-order valence-electron chi connectivity index (χ0n) is 16.2. The second kappa shape index (κ2) is 9.11. The molecule has 7 nitrogen and oxygen atoms in total. The van der Waals surface area contributed by atoms with Crippen LogP contribution in [0.2, 0.25) is 5.02 Å².